The second-order valence-corrected chi connectivity index (χ2v) is 5.71. The van der Waals surface area contributed by atoms with Crippen LogP contribution >= 0.6 is 0 Å². The van der Waals surface area contributed by atoms with Crippen molar-refractivity contribution in [2.45, 2.75) is 19.4 Å². The Morgan fingerprint density at radius 3 is 2.67 bits per heavy atom. The Bertz CT molecular complexity index is 431. The van der Waals surface area contributed by atoms with E-state index in [-0.39, 0.29) is 5.54 Å². The van der Waals surface area contributed by atoms with Gasteiger partial charge in [-0.1, -0.05) is 0 Å². The molecule has 0 radical (unpaired) electrons. The summed E-state index contributed by atoms with van der Waals surface area (Å²) in [4.78, 5) is 11.2. The second-order valence-electron chi connectivity index (χ2n) is 5.71. The molecule has 2 aliphatic rings. The third-order valence-electron chi connectivity index (χ3n) is 4.45. The molecule has 2 aliphatic heterocycles. The molecule has 0 saturated carbocycles. The number of hydrogen-bond donors (Lipinski definition) is 1. The largest absolute Gasteiger partial charge is 0.494 e. The fourth-order valence-corrected chi connectivity index (χ4v) is 3.32. The smallest absolute Gasteiger partial charge is 0.225 e. The minimum atomic E-state index is 0.114. The number of rotatable bonds is 2. The number of aromatic nitrogens is 2. The van der Waals surface area contributed by atoms with E-state index >= 15 is 0 Å². The van der Waals surface area contributed by atoms with Gasteiger partial charge in [-0.25, -0.2) is 9.97 Å². The van der Waals surface area contributed by atoms with Gasteiger partial charge in [0.05, 0.1) is 19.5 Å². The molecule has 0 bridgehead atoms. The van der Waals surface area contributed by atoms with Crippen LogP contribution in [0.1, 0.15) is 13.8 Å². The minimum Gasteiger partial charge on any atom is -0.494 e. The van der Waals surface area contributed by atoms with E-state index < -0.39 is 0 Å². The lowest BCUT2D eigenvalue weighted by Crippen LogP contribution is -2.45. The molecule has 1 aromatic rings. The van der Waals surface area contributed by atoms with Crippen molar-refractivity contribution in [1.82, 2.24) is 15.3 Å². The summed E-state index contributed by atoms with van der Waals surface area (Å²) < 4.78 is 5.10. The summed E-state index contributed by atoms with van der Waals surface area (Å²) in [6.45, 7) is 7.83. The maximum absolute atomic E-state index is 5.10. The van der Waals surface area contributed by atoms with Crippen molar-refractivity contribution < 1.29 is 4.74 Å². The molecule has 5 nitrogen and oxygen atoms in total. The summed E-state index contributed by atoms with van der Waals surface area (Å²) in [5.41, 5.74) is 0.114. The molecule has 0 amide bonds. The summed E-state index contributed by atoms with van der Waals surface area (Å²) in [6, 6.07) is 0. The van der Waals surface area contributed by atoms with Gasteiger partial charge in [0.25, 0.3) is 0 Å². The first-order valence-electron chi connectivity index (χ1n) is 6.47. The highest BCUT2D eigenvalue weighted by Crippen LogP contribution is 2.41. The van der Waals surface area contributed by atoms with Gasteiger partial charge in [-0.3, -0.25) is 0 Å². The molecule has 5 heteroatoms. The van der Waals surface area contributed by atoms with Crippen molar-refractivity contribution in [3.8, 4) is 5.75 Å². The summed E-state index contributed by atoms with van der Waals surface area (Å²) in [6.07, 6.45) is 3.48. The topological polar surface area (TPSA) is 50.3 Å². The van der Waals surface area contributed by atoms with Gasteiger partial charge >= 0.3 is 0 Å². The van der Waals surface area contributed by atoms with Crippen LogP contribution in [0, 0.1) is 11.8 Å². The molecule has 2 unspecified atom stereocenters. The van der Waals surface area contributed by atoms with Crippen molar-refractivity contribution in [3.05, 3.63) is 12.4 Å². The summed E-state index contributed by atoms with van der Waals surface area (Å²) >= 11 is 0. The molecule has 2 fully saturated rings. The molecule has 3 rings (SSSR count). The Morgan fingerprint density at radius 1 is 1.33 bits per heavy atom. The average Bonchev–Trinajstić information content (AvgIpc) is 2.92. The maximum Gasteiger partial charge on any atom is 0.225 e. The molecule has 0 aromatic carbocycles. The van der Waals surface area contributed by atoms with Crippen molar-refractivity contribution in [2.75, 3.05) is 31.6 Å². The molecule has 2 atom stereocenters. The fourth-order valence-electron chi connectivity index (χ4n) is 3.32. The van der Waals surface area contributed by atoms with E-state index in [1.807, 2.05) is 0 Å². The van der Waals surface area contributed by atoms with Crippen LogP contribution in [0.3, 0.4) is 0 Å². The number of methoxy groups -OCH3 is 1. The highest BCUT2D eigenvalue weighted by atomic mass is 16.5. The predicted molar refractivity (Wildman–Crippen MR) is 69.9 cm³/mol. The first-order chi connectivity index (χ1) is 8.63. The molecule has 3 heterocycles. The Morgan fingerprint density at radius 2 is 2.06 bits per heavy atom. The van der Waals surface area contributed by atoms with Gasteiger partial charge in [-0.05, 0) is 25.7 Å². The van der Waals surface area contributed by atoms with Gasteiger partial charge in [-0.15, -0.1) is 0 Å². The van der Waals surface area contributed by atoms with E-state index in [9.17, 15) is 0 Å². The number of nitrogens with one attached hydrogen (secondary N) is 1. The van der Waals surface area contributed by atoms with Crippen LogP contribution in [0.15, 0.2) is 12.4 Å². The van der Waals surface area contributed by atoms with Crippen molar-refractivity contribution in [2.24, 2.45) is 11.8 Å². The third kappa shape index (κ3) is 1.65. The van der Waals surface area contributed by atoms with E-state index in [1.54, 1.807) is 19.5 Å². The summed E-state index contributed by atoms with van der Waals surface area (Å²) in [7, 11) is 1.63. The van der Waals surface area contributed by atoms with E-state index in [2.05, 4.69) is 34.0 Å². The zero-order chi connectivity index (χ0) is 12.8. The van der Waals surface area contributed by atoms with Crippen LogP contribution in [0.2, 0.25) is 0 Å². The third-order valence-corrected chi connectivity index (χ3v) is 4.45. The van der Waals surface area contributed by atoms with Crippen molar-refractivity contribution >= 4 is 5.95 Å². The van der Waals surface area contributed by atoms with E-state index in [1.165, 1.54) is 0 Å². The van der Waals surface area contributed by atoms with Crippen LogP contribution in [0.4, 0.5) is 5.95 Å². The van der Waals surface area contributed by atoms with Crippen LogP contribution in [-0.2, 0) is 0 Å². The number of anilines is 1. The zero-order valence-corrected chi connectivity index (χ0v) is 11.2. The number of hydrogen-bond acceptors (Lipinski definition) is 5. The monoisotopic (exact) mass is 248 g/mol. The maximum atomic E-state index is 5.10. The van der Waals surface area contributed by atoms with Gasteiger partial charge < -0.3 is 15.0 Å². The first kappa shape index (κ1) is 11.7. The Balaban J connectivity index is 1.87. The molecule has 1 N–H and O–H groups in total. The van der Waals surface area contributed by atoms with Gasteiger partial charge in [0, 0.05) is 25.2 Å². The predicted octanol–water partition coefficient (Wildman–Crippen LogP) is 0.919. The van der Waals surface area contributed by atoms with E-state index in [0.29, 0.717) is 17.6 Å². The van der Waals surface area contributed by atoms with Crippen molar-refractivity contribution in [3.63, 3.8) is 0 Å². The van der Waals surface area contributed by atoms with Gasteiger partial charge in [-0.2, -0.15) is 0 Å². The highest BCUT2D eigenvalue weighted by molar-refractivity contribution is 5.39. The number of nitrogens with zero attached hydrogens (tertiary/aromatic N) is 3. The summed E-state index contributed by atoms with van der Waals surface area (Å²) in [5, 5.41) is 3.48. The molecule has 0 aliphatic carbocycles. The minimum absolute atomic E-state index is 0.114. The van der Waals surface area contributed by atoms with Crippen LogP contribution in [-0.4, -0.2) is 42.3 Å². The second kappa shape index (κ2) is 4.09. The Hall–Kier alpha value is -1.36. The van der Waals surface area contributed by atoms with Gasteiger partial charge in [0.1, 0.15) is 0 Å². The van der Waals surface area contributed by atoms with Gasteiger partial charge in [0.2, 0.25) is 5.95 Å². The molecule has 98 valence electrons. The van der Waals surface area contributed by atoms with E-state index in [4.69, 9.17) is 4.74 Å². The Kier molecular flexibility index (Phi) is 2.66. The normalized spacial score (nSPS) is 29.4. The highest BCUT2D eigenvalue weighted by Gasteiger charge is 2.50. The molecule has 0 spiro atoms. The Labute approximate surface area is 108 Å². The van der Waals surface area contributed by atoms with Crippen LogP contribution < -0.4 is 15.0 Å². The quantitative estimate of drug-likeness (QED) is 0.843. The summed E-state index contributed by atoms with van der Waals surface area (Å²) in [5.74, 6) is 2.92. The van der Waals surface area contributed by atoms with Crippen LogP contribution in [0.25, 0.3) is 0 Å². The van der Waals surface area contributed by atoms with E-state index in [0.717, 1.165) is 25.6 Å². The molecule has 18 heavy (non-hydrogen) atoms. The number of fused-ring (bicyclic) bond motifs is 1. The fraction of sp³-hybridized carbons (Fsp3) is 0.692. The zero-order valence-electron chi connectivity index (χ0n) is 11.2. The van der Waals surface area contributed by atoms with Crippen LogP contribution in [0.5, 0.6) is 5.75 Å². The first-order valence-corrected chi connectivity index (χ1v) is 6.47. The molecular weight excluding hydrogens is 228 g/mol. The average molecular weight is 248 g/mol. The van der Waals surface area contributed by atoms with Crippen molar-refractivity contribution in [1.29, 1.82) is 0 Å². The lowest BCUT2D eigenvalue weighted by molar-refractivity contribution is 0.354. The molecular formula is C13H20N4O. The molecule has 2 saturated heterocycles. The standard InChI is InChI=1S/C13H20N4O/c1-13(2)11-7-14-4-9(11)8-17(13)12-15-5-10(18-3)6-16-12/h5-6,9,11,14H,4,7-8H2,1-3H3. The SMILES string of the molecule is COc1cnc(N2CC3CNCC3C2(C)C)nc1. The molecule has 1 aromatic heterocycles. The lowest BCUT2D eigenvalue weighted by atomic mass is 9.85. The lowest BCUT2D eigenvalue weighted by Gasteiger charge is -2.35. The van der Waals surface area contributed by atoms with Gasteiger partial charge in [0.15, 0.2) is 5.75 Å². The number of ether oxygens (including phenoxy) is 1.